The second-order valence-corrected chi connectivity index (χ2v) is 6.93. The number of carbonyl (C=O) groups excluding carboxylic acids is 2. The van der Waals surface area contributed by atoms with Gasteiger partial charge >= 0.3 is 5.97 Å². The van der Waals surface area contributed by atoms with Crippen LogP contribution in [0, 0.1) is 0 Å². The lowest BCUT2D eigenvalue weighted by Gasteiger charge is -2.16. The Morgan fingerprint density at radius 2 is 1.71 bits per heavy atom. The summed E-state index contributed by atoms with van der Waals surface area (Å²) in [6.07, 6.45) is -0.901. The molecule has 28 heavy (non-hydrogen) atoms. The van der Waals surface area contributed by atoms with E-state index in [9.17, 15) is 9.59 Å². The fourth-order valence-corrected chi connectivity index (χ4v) is 2.47. The molecule has 0 aliphatic rings. The van der Waals surface area contributed by atoms with Gasteiger partial charge in [0.1, 0.15) is 6.61 Å². The molecule has 0 saturated heterocycles. The topological polar surface area (TPSA) is 73.9 Å². The van der Waals surface area contributed by atoms with Crippen molar-refractivity contribution in [2.24, 2.45) is 0 Å². The second kappa shape index (κ2) is 9.99. The van der Waals surface area contributed by atoms with Crippen LogP contribution in [0.15, 0.2) is 42.5 Å². The predicted molar refractivity (Wildman–Crippen MR) is 107 cm³/mol. The molecule has 0 spiro atoms. The van der Waals surface area contributed by atoms with Crippen LogP contribution in [-0.4, -0.2) is 31.1 Å². The third-order valence-corrected chi connectivity index (χ3v) is 4.04. The van der Waals surface area contributed by atoms with Crippen LogP contribution in [0.1, 0.15) is 36.7 Å². The Hall–Kier alpha value is -2.73. The maximum atomic E-state index is 12.3. The number of halogens is 1. The molecule has 6 nitrogen and oxygen atoms in total. The first kappa shape index (κ1) is 21.6. The van der Waals surface area contributed by atoms with Crippen LogP contribution in [0.5, 0.6) is 11.5 Å². The molecule has 0 bridgehead atoms. The molecule has 1 amide bonds. The van der Waals surface area contributed by atoms with E-state index in [1.807, 2.05) is 26.0 Å². The zero-order valence-electron chi connectivity index (χ0n) is 16.3. The van der Waals surface area contributed by atoms with E-state index >= 15 is 0 Å². The summed E-state index contributed by atoms with van der Waals surface area (Å²) in [6, 6.07) is 12.0. The first-order chi connectivity index (χ1) is 13.3. The van der Waals surface area contributed by atoms with E-state index in [0.717, 1.165) is 5.56 Å². The van der Waals surface area contributed by atoms with Gasteiger partial charge in [-0.05, 0) is 56.7 Å². The lowest BCUT2D eigenvalue weighted by molar-refractivity contribution is -0.129. The number of methoxy groups -OCH3 is 1. The fourth-order valence-electron chi connectivity index (χ4n) is 2.34. The fraction of sp³-hybridized carbons (Fsp3) is 0.333. The number of esters is 1. The SMILES string of the molecule is COc1cc(C(=O)OC(C)C(=O)NC(C)C)ccc1OCc1ccc(Cl)cc1. The molecule has 150 valence electrons. The van der Waals surface area contributed by atoms with Gasteiger partial charge in [-0.3, -0.25) is 4.79 Å². The maximum absolute atomic E-state index is 12.3. The van der Waals surface area contributed by atoms with E-state index in [4.69, 9.17) is 25.8 Å². The quantitative estimate of drug-likeness (QED) is 0.672. The van der Waals surface area contributed by atoms with Gasteiger partial charge in [0.15, 0.2) is 17.6 Å². The summed E-state index contributed by atoms with van der Waals surface area (Å²) in [5.41, 5.74) is 1.21. The highest BCUT2D eigenvalue weighted by atomic mass is 35.5. The van der Waals surface area contributed by atoms with Crippen LogP contribution in [0.25, 0.3) is 0 Å². The third kappa shape index (κ3) is 6.16. The summed E-state index contributed by atoms with van der Waals surface area (Å²) in [6.45, 7) is 5.51. The zero-order valence-corrected chi connectivity index (χ0v) is 17.1. The zero-order chi connectivity index (χ0) is 20.7. The molecular weight excluding hydrogens is 382 g/mol. The average molecular weight is 406 g/mol. The molecule has 2 rings (SSSR count). The number of nitrogens with one attached hydrogen (secondary N) is 1. The molecule has 1 N–H and O–H groups in total. The Balaban J connectivity index is 2.03. The minimum atomic E-state index is -0.901. The van der Waals surface area contributed by atoms with Crippen molar-refractivity contribution in [2.45, 2.75) is 39.5 Å². The molecule has 0 fully saturated rings. The van der Waals surface area contributed by atoms with Gasteiger partial charge < -0.3 is 19.5 Å². The van der Waals surface area contributed by atoms with Gasteiger partial charge in [0.05, 0.1) is 12.7 Å². The van der Waals surface area contributed by atoms with Crippen molar-refractivity contribution < 1.29 is 23.8 Å². The number of benzene rings is 2. The van der Waals surface area contributed by atoms with Crippen LogP contribution in [0.4, 0.5) is 0 Å². The summed E-state index contributed by atoms with van der Waals surface area (Å²) in [5.74, 6) is -0.0884. The molecule has 0 aliphatic heterocycles. The summed E-state index contributed by atoms with van der Waals surface area (Å²) < 4.78 is 16.3. The lowest BCUT2D eigenvalue weighted by Crippen LogP contribution is -2.39. The largest absolute Gasteiger partial charge is 0.493 e. The van der Waals surface area contributed by atoms with E-state index in [1.165, 1.54) is 20.1 Å². The van der Waals surface area contributed by atoms with Crippen molar-refractivity contribution in [1.82, 2.24) is 5.32 Å². The average Bonchev–Trinajstić information content (AvgIpc) is 2.66. The van der Waals surface area contributed by atoms with Gasteiger partial charge in [0.25, 0.3) is 5.91 Å². The first-order valence-corrected chi connectivity index (χ1v) is 9.24. The number of amides is 1. The minimum absolute atomic E-state index is 0.0363. The van der Waals surface area contributed by atoms with E-state index in [0.29, 0.717) is 23.1 Å². The van der Waals surface area contributed by atoms with Crippen molar-refractivity contribution in [3.8, 4) is 11.5 Å². The number of ether oxygens (including phenoxy) is 3. The molecule has 2 aromatic carbocycles. The summed E-state index contributed by atoms with van der Waals surface area (Å²) >= 11 is 5.87. The first-order valence-electron chi connectivity index (χ1n) is 8.86. The highest BCUT2D eigenvalue weighted by Crippen LogP contribution is 2.29. The Bertz CT molecular complexity index is 820. The van der Waals surface area contributed by atoms with Crippen LogP contribution < -0.4 is 14.8 Å². The van der Waals surface area contributed by atoms with Gasteiger partial charge in [-0.2, -0.15) is 0 Å². The molecule has 0 heterocycles. The normalized spacial score (nSPS) is 11.6. The van der Waals surface area contributed by atoms with Gasteiger partial charge in [-0.15, -0.1) is 0 Å². The summed E-state index contributed by atoms with van der Waals surface area (Å²) in [4.78, 5) is 24.2. The molecule has 1 atom stereocenters. The molecule has 1 unspecified atom stereocenters. The van der Waals surface area contributed by atoms with Crippen molar-refractivity contribution in [1.29, 1.82) is 0 Å². The minimum Gasteiger partial charge on any atom is -0.493 e. The van der Waals surface area contributed by atoms with E-state index < -0.39 is 12.1 Å². The Labute approximate surface area is 169 Å². The van der Waals surface area contributed by atoms with Crippen LogP contribution in [-0.2, 0) is 16.1 Å². The van der Waals surface area contributed by atoms with Crippen molar-refractivity contribution >= 4 is 23.5 Å². The number of hydrogen-bond donors (Lipinski definition) is 1. The molecule has 0 radical (unpaired) electrons. The number of hydrogen-bond acceptors (Lipinski definition) is 5. The van der Waals surface area contributed by atoms with E-state index in [2.05, 4.69) is 5.32 Å². The standard InChI is InChI=1S/C21H24ClNO5/c1-13(2)23-20(24)14(3)28-21(25)16-7-10-18(19(11-16)26-4)27-12-15-5-8-17(22)9-6-15/h5-11,13-14H,12H2,1-4H3,(H,23,24). The van der Waals surface area contributed by atoms with Crippen LogP contribution in [0.2, 0.25) is 5.02 Å². The van der Waals surface area contributed by atoms with Crippen LogP contribution >= 0.6 is 11.6 Å². The van der Waals surface area contributed by atoms with Gasteiger partial charge in [0.2, 0.25) is 0 Å². The summed E-state index contributed by atoms with van der Waals surface area (Å²) in [5, 5.41) is 3.35. The third-order valence-electron chi connectivity index (χ3n) is 3.79. The highest BCUT2D eigenvalue weighted by molar-refractivity contribution is 6.30. The van der Waals surface area contributed by atoms with Crippen molar-refractivity contribution in [2.75, 3.05) is 7.11 Å². The maximum Gasteiger partial charge on any atom is 0.339 e. The van der Waals surface area contributed by atoms with Gasteiger partial charge in [0, 0.05) is 11.1 Å². The highest BCUT2D eigenvalue weighted by Gasteiger charge is 2.20. The van der Waals surface area contributed by atoms with Crippen molar-refractivity contribution in [3.05, 3.63) is 58.6 Å². The molecule has 0 aliphatic carbocycles. The van der Waals surface area contributed by atoms with Gasteiger partial charge in [-0.1, -0.05) is 23.7 Å². The molecular formula is C21H24ClNO5. The van der Waals surface area contributed by atoms with E-state index in [-0.39, 0.29) is 17.5 Å². The smallest absolute Gasteiger partial charge is 0.339 e. The van der Waals surface area contributed by atoms with E-state index in [1.54, 1.807) is 24.3 Å². The molecule has 0 saturated carbocycles. The lowest BCUT2D eigenvalue weighted by atomic mass is 10.2. The molecule has 2 aromatic rings. The molecule has 7 heteroatoms. The van der Waals surface area contributed by atoms with Gasteiger partial charge in [-0.25, -0.2) is 4.79 Å². The summed E-state index contributed by atoms with van der Waals surface area (Å²) in [7, 11) is 1.48. The monoisotopic (exact) mass is 405 g/mol. The molecule has 0 aromatic heterocycles. The number of rotatable bonds is 8. The number of carbonyl (C=O) groups is 2. The second-order valence-electron chi connectivity index (χ2n) is 6.49. The Morgan fingerprint density at radius 1 is 1.04 bits per heavy atom. The predicted octanol–water partition coefficient (Wildman–Crippen LogP) is 4.00. The Kier molecular flexibility index (Phi) is 7.70. The van der Waals surface area contributed by atoms with Crippen molar-refractivity contribution in [3.63, 3.8) is 0 Å². The Morgan fingerprint density at radius 3 is 2.32 bits per heavy atom. The van der Waals surface area contributed by atoms with Crippen LogP contribution in [0.3, 0.4) is 0 Å².